The predicted octanol–water partition coefficient (Wildman–Crippen LogP) is 1.63. The van der Waals surface area contributed by atoms with Crippen molar-refractivity contribution in [3.63, 3.8) is 0 Å². The lowest BCUT2D eigenvalue weighted by Crippen LogP contribution is -2.46. The molecule has 2 aliphatic carbocycles. The molecule has 3 rings (SSSR count). The van der Waals surface area contributed by atoms with Gasteiger partial charge in [0.15, 0.2) is 5.11 Å². The molecule has 4 heteroatoms. The molecule has 0 bridgehead atoms. The summed E-state index contributed by atoms with van der Waals surface area (Å²) < 4.78 is 0. The summed E-state index contributed by atoms with van der Waals surface area (Å²) in [6, 6.07) is 2.12. The van der Waals surface area contributed by atoms with Gasteiger partial charge in [0.05, 0.1) is 0 Å². The Hall–Kier alpha value is -0.350. The largest absolute Gasteiger partial charge is 0.360 e. The minimum atomic E-state index is 0.581. The molecule has 3 aliphatic rings. The van der Waals surface area contributed by atoms with Crippen LogP contribution in [0.25, 0.3) is 0 Å². The predicted molar refractivity (Wildman–Crippen MR) is 74.1 cm³/mol. The van der Waals surface area contributed by atoms with E-state index in [0.717, 1.165) is 11.2 Å². The fourth-order valence-corrected chi connectivity index (χ4v) is 3.49. The monoisotopic (exact) mass is 253 g/mol. The molecule has 0 radical (unpaired) electrons. The van der Waals surface area contributed by atoms with Gasteiger partial charge < -0.3 is 10.6 Å². The molecule has 3 fully saturated rings. The molecule has 0 amide bonds. The van der Waals surface area contributed by atoms with Gasteiger partial charge in [0.2, 0.25) is 0 Å². The van der Waals surface area contributed by atoms with Gasteiger partial charge in [0.1, 0.15) is 0 Å². The average Bonchev–Trinajstić information content (AvgIpc) is 2.84. The smallest absolute Gasteiger partial charge is 0.166 e. The molecule has 0 aromatic carbocycles. The minimum absolute atomic E-state index is 0.581. The molecular weight excluding hydrogens is 230 g/mol. The minimum Gasteiger partial charge on any atom is -0.360 e. The highest BCUT2D eigenvalue weighted by Crippen LogP contribution is 2.29. The van der Waals surface area contributed by atoms with Crippen molar-refractivity contribution < 1.29 is 0 Å². The van der Waals surface area contributed by atoms with E-state index < -0.39 is 0 Å². The van der Waals surface area contributed by atoms with Crippen molar-refractivity contribution in [1.82, 2.24) is 15.5 Å². The van der Waals surface area contributed by atoms with Crippen molar-refractivity contribution in [3.8, 4) is 0 Å². The van der Waals surface area contributed by atoms with E-state index in [-0.39, 0.29) is 0 Å². The second-order valence-corrected chi connectivity index (χ2v) is 6.22. The van der Waals surface area contributed by atoms with Crippen molar-refractivity contribution in [1.29, 1.82) is 0 Å². The maximum atomic E-state index is 5.41. The molecule has 1 aliphatic heterocycles. The third kappa shape index (κ3) is 3.10. The molecule has 1 heterocycles. The third-order valence-electron chi connectivity index (χ3n) is 4.31. The molecule has 2 saturated carbocycles. The first kappa shape index (κ1) is 11.7. The average molecular weight is 253 g/mol. The molecule has 0 aromatic rings. The highest BCUT2D eigenvalue weighted by Gasteiger charge is 2.34. The lowest BCUT2D eigenvalue weighted by molar-refractivity contribution is 0.321. The van der Waals surface area contributed by atoms with E-state index in [4.69, 9.17) is 12.2 Å². The van der Waals surface area contributed by atoms with Gasteiger partial charge in [-0.05, 0) is 44.3 Å². The zero-order valence-corrected chi connectivity index (χ0v) is 11.3. The lowest BCUT2D eigenvalue weighted by Gasteiger charge is -2.20. The molecule has 1 unspecified atom stereocenters. The van der Waals surface area contributed by atoms with Gasteiger partial charge in [-0.2, -0.15) is 0 Å². The molecule has 0 spiro atoms. The SMILES string of the molecule is S=C(NC1CCCC1)NC1CCN(C2CC2)C1. The zero-order valence-electron chi connectivity index (χ0n) is 10.5. The first-order valence-corrected chi connectivity index (χ1v) is 7.53. The van der Waals surface area contributed by atoms with Crippen molar-refractivity contribution >= 4 is 17.3 Å². The quantitative estimate of drug-likeness (QED) is 0.748. The highest BCUT2D eigenvalue weighted by atomic mass is 32.1. The van der Waals surface area contributed by atoms with Gasteiger partial charge in [-0.3, -0.25) is 4.90 Å². The van der Waals surface area contributed by atoms with Crippen LogP contribution in [0.5, 0.6) is 0 Å². The summed E-state index contributed by atoms with van der Waals surface area (Å²) in [5, 5.41) is 7.85. The molecule has 2 N–H and O–H groups in total. The van der Waals surface area contributed by atoms with E-state index in [9.17, 15) is 0 Å². The van der Waals surface area contributed by atoms with Crippen LogP contribution in [0.4, 0.5) is 0 Å². The van der Waals surface area contributed by atoms with Crippen LogP contribution < -0.4 is 10.6 Å². The Morgan fingerprint density at radius 1 is 0.941 bits per heavy atom. The third-order valence-corrected chi connectivity index (χ3v) is 4.54. The number of nitrogens with zero attached hydrogens (tertiary/aromatic N) is 1. The van der Waals surface area contributed by atoms with Gasteiger partial charge in [0, 0.05) is 31.2 Å². The lowest BCUT2D eigenvalue weighted by atomic mass is 10.2. The Balaban J connectivity index is 1.39. The molecule has 96 valence electrons. The van der Waals surface area contributed by atoms with Crippen LogP contribution in [0.2, 0.25) is 0 Å². The maximum absolute atomic E-state index is 5.41. The Bertz CT molecular complexity index is 284. The molecule has 1 saturated heterocycles. The first-order chi connectivity index (χ1) is 8.31. The van der Waals surface area contributed by atoms with E-state index in [2.05, 4.69) is 15.5 Å². The Morgan fingerprint density at radius 3 is 2.35 bits per heavy atom. The summed E-state index contributed by atoms with van der Waals surface area (Å²) in [4.78, 5) is 2.62. The maximum Gasteiger partial charge on any atom is 0.166 e. The number of likely N-dealkylation sites (tertiary alicyclic amines) is 1. The molecular formula is C13H23N3S. The second kappa shape index (κ2) is 5.11. The van der Waals surface area contributed by atoms with E-state index in [1.54, 1.807) is 0 Å². The second-order valence-electron chi connectivity index (χ2n) is 5.81. The van der Waals surface area contributed by atoms with Crippen LogP contribution >= 0.6 is 12.2 Å². The van der Waals surface area contributed by atoms with Crippen LogP contribution in [0.15, 0.2) is 0 Å². The summed E-state index contributed by atoms with van der Waals surface area (Å²) in [5.74, 6) is 0. The number of hydrogen-bond acceptors (Lipinski definition) is 2. The molecule has 0 aromatic heterocycles. The summed E-state index contributed by atoms with van der Waals surface area (Å²) in [5.41, 5.74) is 0. The molecule has 1 atom stereocenters. The fourth-order valence-electron chi connectivity index (χ4n) is 3.16. The Labute approximate surface area is 109 Å². The highest BCUT2D eigenvalue weighted by molar-refractivity contribution is 7.80. The van der Waals surface area contributed by atoms with Crippen molar-refractivity contribution in [2.75, 3.05) is 13.1 Å². The van der Waals surface area contributed by atoms with Crippen LogP contribution in [-0.4, -0.2) is 41.2 Å². The summed E-state index contributed by atoms with van der Waals surface area (Å²) in [6.07, 6.45) is 9.39. The number of hydrogen-bond donors (Lipinski definition) is 2. The van der Waals surface area contributed by atoms with E-state index in [0.29, 0.717) is 12.1 Å². The van der Waals surface area contributed by atoms with Gasteiger partial charge in [-0.1, -0.05) is 12.8 Å². The number of rotatable bonds is 3. The van der Waals surface area contributed by atoms with Crippen LogP contribution in [0, 0.1) is 0 Å². The summed E-state index contributed by atoms with van der Waals surface area (Å²) in [7, 11) is 0. The number of nitrogens with one attached hydrogen (secondary N) is 2. The topological polar surface area (TPSA) is 27.3 Å². The van der Waals surface area contributed by atoms with Crippen LogP contribution in [0.3, 0.4) is 0 Å². The van der Waals surface area contributed by atoms with Crippen LogP contribution in [0.1, 0.15) is 44.9 Å². The van der Waals surface area contributed by atoms with E-state index >= 15 is 0 Å². The summed E-state index contributed by atoms with van der Waals surface area (Å²) in [6.45, 7) is 2.45. The van der Waals surface area contributed by atoms with E-state index in [1.165, 1.54) is 58.0 Å². The molecule has 3 nitrogen and oxygen atoms in total. The normalized spacial score (nSPS) is 30.7. The van der Waals surface area contributed by atoms with Crippen molar-refractivity contribution in [2.24, 2.45) is 0 Å². The van der Waals surface area contributed by atoms with E-state index in [1.807, 2.05) is 0 Å². The van der Waals surface area contributed by atoms with Gasteiger partial charge >= 0.3 is 0 Å². The first-order valence-electron chi connectivity index (χ1n) is 7.12. The zero-order chi connectivity index (χ0) is 11.7. The van der Waals surface area contributed by atoms with Gasteiger partial charge in [-0.25, -0.2) is 0 Å². The van der Waals surface area contributed by atoms with Gasteiger partial charge in [0.25, 0.3) is 0 Å². The fraction of sp³-hybridized carbons (Fsp3) is 0.923. The summed E-state index contributed by atoms with van der Waals surface area (Å²) >= 11 is 5.41. The van der Waals surface area contributed by atoms with Crippen molar-refractivity contribution in [3.05, 3.63) is 0 Å². The Morgan fingerprint density at radius 2 is 1.65 bits per heavy atom. The Kier molecular flexibility index (Phi) is 3.52. The standard InChI is InChI=1S/C13H23N3S/c17-13(14-10-3-1-2-4-10)15-11-7-8-16(9-11)12-5-6-12/h10-12H,1-9H2,(H2,14,15,17). The number of thiocarbonyl (C=S) groups is 1. The van der Waals surface area contributed by atoms with Crippen LogP contribution in [-0.2, 0) is 0 Å². The van der Waals surface area contributed by atoms with Crippen molar-refractivity contribution in [2.45, 2.75) is 63.1 Å². The van der Waals surface area contributed by atoms with Gasteiger partial charge in [-0.15, -0.1) is 0 Å². The molecule has 17 heavy (non-hydrogen) atoms.